The Bertz CT molecular complexity index is 837. The standard InChI is InChI=1S/C23H30BrNO4/c1-15(11-9-10-14-18(26)29-23(3,4)5)25-22(27)19-16(2)28-21(20(19)24)17-12-7-6-8-13-17/h6-8,12-13,15H,9-11,14H2,1-5H3,(H,25,27). The number of amides is 1. The first-order valence-corrected chi connectivity index (χ1v) is 10.7. The predicted molar refractivity (Wildman–Crippen MR) is 118 cm³/mol. The molecular weight excluding hydrogens is 434 g/mol. The first-order valence-electron chi connectivity index (χ1n) is 9.95. The van der Waals surface area contributed by atoms with Gasteiger partial charge >= 0.3 is 5.97 Å². The number of carbonyl (C=O) groups is 2. The van der Waals surface area contributed by atoms with E-state index in [9.17, 15) is 9.59 Å². The Hall–Kier alpha value is -2.08. The number of carbonyl (C=O) groups excluding carboxylic acids is 2. The average Bonchev–Trinajstić information content (AvgIpc) is 2.92. The van der Waals surface area contributed by atoms with Gasteiger partial charge in [-0.1, -0.05) is 36.8 Å². The molecule has 0 saturated carbocycles. The molecule has 1 amide bonds. The summed E-state index contributed by atoms with van der Waals surface area (Å²) in [7, 11) is 0. The zero-order chi connectivity index (χ0) is 21.6. The average molecular weight is 464 g/mol. The second kappa shape index (κ2) is 10.1. The van der Waals surface area contributed by atoms with E-state index in [1.807, 2.05) is 58.0 Å². The number of halogens is 1. The molecule has 0 spiro atoms. The van der Waals surface area contributed by atoms with Gasteiger partial charge < -0.3 is 14.5 Å². The SMILES string of the molecule is Cc1oc(-c2ccccc2)c(Br)c1C(=O)NC(C)CCCCC(=O)OC(C)(C)C. The van der Waals surface area contributed by atoms with Crippen molar-refractivity contribution in [2.45, 2.75) is 71.9 Å². The highest BCUT2D eigenvalue weighted by molar-refractivity contribution is 9.10. The second-order valence-corrected chi connectivity index (χ2v) is 9.04. The molecule has 0 bridgehead atoms. The molecule has 0 aliphatic carbocycles. The Morgan fingerprint density at radius 1 is 1.17 bits per heavy atom. The van der Waals surface area contributed by atoms with Crippen molar-refractivity contribution in [3.63, 3.8) is 0 Å². The number of ether oxygens (including phenoxy) is 1. The number of hydrogen-bond acceptors (Lipinski definition) is 4. The van der Waals surface area contributed by atoms with Crippen LogP contribution in [0.15, 0.2) is 39.2 Å². The van der Waals surface area contributed by atoms with E-state index in [0.717, 1.165) is 24.8 Å². The van der Waals surface area contributed by atoms with Gasteiger partial charge in [0.2, 0.25) is 0 Å². The molecule has 2 rings (SSSR count). The van der Waals surface area contributed by atoms with Gasteiger partial charge in [-0.05, 0) is 63.4 Å². The Morgan fingerprint density at radius 3 is 2.45 bits per heavy atom. The maximum Gasteiger partial charge on any atom is 0.306 e. The van der Waals surface area contributed by atoms with Crippen LogP contribution in [0, 0.1) is 6.92 Å². The summed E-state index contributed by atoms with van der Waals surface area (Å²) in [6, 6.07) is 9.67. The molecule has 0 radical (unpaired) electrons. The third-order valence-electron chi connectivity index (χ3n) is 4.35. The van der Waals surface area contributed by atoms with Crippen molar-refractivity contribution >= 4 is 27.8 Å². The van der Waals surface area contributed by atoms with E-state index in [1.54, 1.807) is 6.92 Å². The van der Waals surface area contributed by atoms with Gasteiger partial charge in [-0.25, -0.2) is 0 Å². The first kappa shape index (κ1) is 23.2. The van der Waals surface area contributed by atoms with Crippen LogP contribution >= 0.6 is 15.9 Å². The summed E-state index contributed by atoms with van der Waals surface area (Å²) >= 11 is 3.53. The number of furan rings is 1. The topological polar surface area (TPSA) is 68.5 Å². The lowest BCUT2D eigenvalue weighted by Crippen LogP contribution is -2.32. The van der Waals surface area contributed by atoms with E-state index in [0.29, 0.717) is 28.0 Å². The van der Waals surface area contributed by atoms with E-state index in [-0.39, 0.29) is 17.9 Å². The fourth-order valence-electron chi connectivity index (χ4n) is 3.03. The van der Waals surface area contributed by atoms with Crippen LogP contribution in [0.3, 0.4) is 0 Å². The Balaban J connectivity index is 1.87. The highest BCUT2D eigenvalue weighted by atomic mass is 79.9. The van der Waals surface area contributed by atoms with Gasteiger partial charge in [0.1, 0.15) is 17.1 Å². The van der Waals surface area contributed by atoms with E-state index in [1.165, 1.54) is 0 Å². The van der Waals surface area contributed by atoms with Gasteiger partial charge in [0.05, 0.1) is 10.0 Å². The Labute approximate surface area is 181 Å². The lowest BCUT2D eigenvalue weighted by atomic mass is 10.1. The molecule has 1 atom stereocenters. The summed E-state index contributed by atoms with van der Waals surface area (Å²) in [4.78, 5) is 24.5. The number of benzene rings is 1. The number of nitrogens with one attached hydrogen (secondary N) is 1. The Kier molecular flexibility index (Phi) is 8.08. The minimum absolute atomic E-state index is 0.0116. The van der Waals surface area contributed by atoms with Crippen molar-refractivity contribution < 1.29 is 18.7 Å². The second-order valence-electron chi connectivity index (χ2n) is 8.25. The van der Waals surface area contributed by atoms with Crippen LogP contribution in [0.4, 0.5) is 0 Å². The fraction of sp³-hybridized carbons (Fsp3) is 0.478. The molecule has 158 valence electrons. The van der Waals surface area contributed by atoms with Crippen molar-refractivity contribution in [3.05, 3.63) is 46.1 Å². The van der Waals surface area contributed by atoms with Gasteiger partial charge in [0.15, 0.2) is 0 Å². The van der Waals surface area contributed by atoms with Crippen LogP contribution in [0.25, 0.3) is 11.3 Å². The predicted octanol–water partition coefficient (Wildman–Crippen LogP) is 6.04. The van der Waals surface area contributed by atoms with E-state index in [4.69, 9.17) is 9.15 Å². The number of hydrogen-bond donors (Lipinski definition) is 1. The van der Waals surface area contributed by atoms with Gasteiger partial charge in [-0.2, -0.15) is 0 Å². The van der Waals surface area contributed by atoms with Crippen molar-refractivity contribution in [2.75, 3.05) is 0 Å². The molecule has 1 N–H and O–H groups in total. The van der Waals surface area contributed by atoms with Crippen LogP contribution < -0.4 is 5.32 Å². The quantitative estimate of drug-likeness (QED) is 0.382. The third kappa shape index (κ3) is 7.03. The van der Waals surface area contributed by atoms with Crippen molar-refractivity contribution in [1.82, 2.24) is 5.32 Å². The van der Waals surface area contributed by atoms with Crippen LogP contribution in [-0.4, -0.2) is 23.5 Å². The summed E-state index contributed by atoms with van der Waals surface area (Å²) in [5.41, 5.74) is 0.980. The molecule has 1 unspecified atom stereocenters. The molecule has 0 saturated heterocycles. The minimum atomic E-state index is -0.452. The summed E-state index contributed by atoms with van der Waals surface area (Å²) in [6.45, 7) is 9.34. The summed E-state index contributed by atoms with van der Waals surface area (Å²) in [5, 5.41) is 3.02. The molecule has 2 aromatic rings. The smallest absolute Gasteiger partial charge is 0.306 e. The number of aryl methyl sites for hydroxylation is 1. The third-order valence-corrected chi connectivity index (χ3v) is 5.11. The van der Waals surface area contributed by atoms with E-state index in [2.05, 4.69) is 21.2 Å². The fourth-order valence-corrected chi connectivity index (χ4v) is 3.80. The van der Waals surface area contributed by atoms with Crippen molar-refractivity contribution in [2.24, 2.45) is 0 Å². The van der Waals surface area contributed by atoms with Crippen LogP contribution in [0.5, 0.6) is 0 Å². The molecule has 1 aromatic carbocycles. The lowest BCUT2D eigenvalue weighted by Gasteiger charge is -2.19. The minimum Gasteiger partial charge on any atom is -0.460 e. The monoisotopic (exact) mass is 463 g/mol. The number of unbranched alkanes of at least 4 members (excludes halogenated alkanes) is 1. The van der Waals surface area contributed by atoms with Gasteiger partial charge in [0.25, 0.3) is 5.91 Å². The molecule has 1 aromatic heterocycles. The largest absolute Gasteiger partial charge is 0.460 e. The van der Waals surface area contributed by atoms with E-state index < -0.39 is 5.60 Å². The molecular formula is C23H30BrNO4. The van der Waals surface area contributed by atoms with Crippen LogP contribution in [0.1, 0.15) is 69.5 Å². The molecule has 29 heavy (non-hydrogen) atoms. The highest BCUT2D eigenvalue weighted by Gasteiger charge is 2.23. The number of rotatable bonds is 8. The van der Waals surface area contributed by atoms with Crippen molar-refractivity contribution in [1.29, 1.82) is 0 Å². The summed E-state index contributed by atoms with van der Waals surface area (Å²) < 4.78 is 11.8. The highest BCUT2D eigenvalue weighted by Crippen LogP contribution is 2.35. The summed E-state index contributed by atoms with van der Waals surface area (Å²) in [6.07, 6.45) is 2.75. The molecule has 0 aliphatic rings. The van der Waals surface area contributed by atoms with Gasteiger partial charge in [0, 0.05) is 18.0 Å². The first-order chi connectivity index (χ1) is 13.6. The van der Waals surface area contributed by atoms with Crippen LogP contribution in [0.2, 0.25) is 0 Å². The summed E-state index contributed by atoms with van der Waals surface area (Å²) in [5.74, 6) is 0.879. The van der Waals surface area contributed by atoms with Gasteiger partial charge in [-0.15, -0.1) is 0 Å². The molecule has 6 heteroatoms. The van der Waals surface area contributed by atoms with Gasteiger partial charge in [-0.3, -0.25) is 9.59 Å². The molecule has 5 nitrogen and oxygen atoms in total. The van der Waals surface area contributed by atoms with Crippen LogP contribution in [-0.2, 0) is 9.53 Å². The van der Waals surface area contributed by atoms with Crippen molar-refractivity contribution in [3.8, 4) is 11.3 Å². The molecule has 0 aliphatic heterocycles. The normalized spacial score (nSPS) is 12.5. The maximum absolute atomic E-state index is 12.8. The molecule has 0 fully saturated rings. The maximum atomic E-state index is 12.8. The van der Waals surface area contributed by atoms with E-state index >= 15 is 0 Å². The Morgan fingerprint density at radius 2 is 1.83 bits per heavy atom. The number of esters is 1. The lowest BCUT2D eigenvalue weighted by molar-refractivity contribution is -0.154. The zero-order valence-corrected chi connectivity index (χ0v) is 19.4. The molecule has 1 heterocycles. The zero-order valence-electron chi connectivity index (χ0n) is 17.8.